The summed E-state index contributed by atoms with van der Waals surface area (Å²) in [5, 5.41) is 15.7. The van der Waals surface area contributed by atoms with Crippen molar-refractivity contribution < 1.29 is 0 Å². The Kier molecular flexibility index (Phi) is 29.2. The van der Waals surface area contributed by atoms with Crippen LogP contribution in [0, 0.1) is 69.2 Å². The number of hydrogen-bond donors (Lipinski definition) is 1. The van der Waals surface area contributed by atoms with Gasteiger partial charge in [-0.2, -0.15) is 15.2 Å². The fourth-order valence-corrected chi connectivity index (χ4v) is 12.7. The first-order valence-electron chi connectivity index (χ1n) is 40.4. The Morgan fingerprint density at radius 1 is 0.326 bits per heavy atom. The Morgan fingerprint density at radius 2 is 0.841 bits per heavy atom. The monoisotopic (exact) mass is 1800 g/mol. The highest BCUT2D eigenvalue weighted by Gasteiger charge is 2.12. The van der Waals surface area contributed by atoms with Crippen LogP contribution in [-0.4, -0.2) is 156 Å². The fraction of sp³-hybridized carbons (Fsp3) is 0.253. The molecule has 0 amide bonds. The lowest BCUT2D eigenvalue weighted by Gasteiger charge is -1.99. The van der Waals surface area contributed by atoms with E-state index in [-0.39, 0.29) is 61.5 Å². The Labute approximate surface area is 747 Å². The van der Waals surface area contributed by atoms with Crippen molar-refractivity contribution in [1.82, 2.24) is 150 Å². The summed E-state index contributed by atoms with van der Waals surface area (Å²) < 4.78 is 33.5. The average Bonchev–Trinajstić information content (AvgIpc) is 1.72. The normalized spacial score (nSPS) is 10.9. The van der Waals surface area contributed by atoms with E-state index in [1.807, 2.05) is 138 Å². The summed E-state index contributed by atoms with van der Waals surface area (Å²) in [7, 11) is 18.8. The second-order valence-electron chi connectivity index (χ2n) is 30.6. The summed E-state index contributed by atoms with van der Waals surface area (Å²) in [6.07, 6.45) is 43.6. The highest BCUT2D eigenvalue weighted by atomic mass is 16.2. The van der Waals surface area contributed by atoms with Gasteiger partial charge >= 0.3 is 17.1 Å². The van der Waals surface area contributed by atoms with Gasteiger partial charge in [0.2, 0.25) is 22.6 Å². The van der Waals surface area contributed by atoms with Crippen molar-refractivity contribution in [3.63, 3.8) is 0 Å². The molecule has 21 aromatic rings. The molecule has 0 atom stereocenters. The second kappa shape index (κ2) is 40.5. The van der Waals surface area contributed by atoms with Crippen molar-refractivity contribution in [2.24, 2.45) is 88.3 Å². The van der Waals surface area contributed by atoms with Crippen molar-refractivity contribution in [3.8, 4) is 0 Å². The van der Waals surface area contributed by atoms with Crippen LogP contribution in [0.4, 0.5) is 5.82 Å². The molecule has 45 heteroatoms. The molecule has 0 aliphatic carbocycles. The Hall–Kier alpha value is -17.4. The largest absolute Gasteiger partial charge is 0.387 e. The third-order valence-corrected chi connectivity index (χ3v) is 20.1. The maximum absolute atomic E-state index is 11.5. The van der Waals surface area contributed by atoms with Crippen LogP contribution >= 0.6 is 0 Å². The molecule has 21 heterocycles. The summed E-state index contributed by atoms with van der Waals surface area (Å²) in [5.74, 6) is 2.90. The number of aryl methyl sites for hydroxylation is 21. The highest BCUT2D eigenvalue weighted by molar-refractivity contribution is 5.79. The molecule has 132 heavy (non-hydrogen) atoms. The van der Waals surface area contributed by atoms with Crippen molar-refractivity contribution in [3.05, 3.63) is 369 Å². The minimum absolute atomic E-state index is 0.0156. The van der Waals surface area contributed by atoms with E-state index in [1.54, 1.807) is 253 Å². The minimum Gasteiger partial charge on any atom is -0.387 e. The number of amidine groups is 1. The lowest BCUT2D eigenvalue weighted by molar-refractivity contribution is 0.788. The van der Waals surface area contributed by atoms with Gasteiger partial charge in [-0.05, 0) is 124 Å². The van der Waals surface area contributed by atoms with Crippen molar-refractivity contribution in [1.29, 1.82) is 0 Å². The van der Waals surface area contributed by atoms with Crippen LogP contribution in [0.1, 0.15) is 64.1 Å². The Bertz CT molecular complexity index is 7420. The van der Waals surface area contributed by atoms with Gasteiger partial charge in [0, 0.05) is 231 Å². The molecule has 684 valence electrons. The molecular formula is C87H100N34O11. The highest BCUT2D eigenvalue weighted by Crippen LogP contribution is 2.09. The molecule has 0 spiro atoms. The van der Waals surface area contributed by atoms with E-state index in [4.69, 9.17) is 5.73 Å². The molecule has 21 rings (SSSR count). The van der Waals surface area contributed by atoms with Gasteiger partial charge in [0.05, 0.1) is 40.3 Å². The summed E-state index contributed by atoms with van der Waals surface area (Å²) in [5.41, 5.74) is 17.2. The van der Waals surface area contributed by atoms with Crippen LogP contribution < -0.4 is 67.3 Å². The van der Waals surface area contributed by atoms with Crippen molar-refractivity contribution >= 4 is 67.5 Å². The van der Waals surface area contributed by atoms with Gasteiger partial charge < -0.3 is 69.2 Å². The van der Waals surface area contributed by atoms with Gasteiger partial charge in [0.1, 0.15) is 51.5 Å². The zero-order valence-corrected chi connectivity index (χ0v) is 76.8. The first-order chi connectivity index (χ1) is 62.5. The van der Waals surface area contributed by atoms with Gasteiger partial charge in [-0.1, -0.05) is 0 Å². The summed E-state index contributed by atoms with van der Waals surface area (Å²) in [4.78, 5) is 157. The molecule has 0 saturated heterocycles. The number of nitrogens with zero attached hydrogens (tertiary/aromatic N) is 33. The van der Waals surface area contributed by atoms with Crippen molar-refractivity contribution in [2.45, 2.75) is 76.2 Å². The molecule has 0 saturated carbocycles. The zero-order chi connectivity index (χ0) is 96.3. The van der Waals surface area contributed by atoms with E-state index < -0.39 is 0 Å². The Balaban J connectivity index is 0.000000140. The molecule has 21 aromatic heterocycles. The Morgan fingerprint density at radius 3 is 1.48 bits per heavy atom. The molecule has 0 aliphatic heterocycles. The standard InChI is InChI=1S/2C9H10N2O.6C8H9N3O.2C7H8N4O.C7H10N4O/c1-7-5-8-9(12)10(2)3-4-11(8)6-7;1-7-3-4-8-9(12)10(2)5-6-11(7)8;1-6-9-5-7-8(12)10(2)3-4-11(6)7;1-6-7-3-4-10(2)8(12)11(7)5-9-6;1-6-5-11-4-3-10(2)8(12)7(11)9-6;1-6-5-9-7-8(12)10(2)3-4-11(6)7;1-6-5-7-8(12)10(2)3-4-11(7)9-6;1-6-5-11-7(9-6)3-4-10(2)8(11)12;1-5-8-9-6-7(12)10(2)3-4-11(5)6;1-5-8-6-7(12)10(2)3-4-11(6)9-5;1-5(8)9-6-3-4-11(2)7(12)10-6/h2*3-6H,1-2H3;6*3-5H,1-2H3;2*3-4H,1-2H3;3-4H,1-2H3,(H2,8,9,10,12). The maximum Gasteiger partial charge on any atom is 0.349 e. The van der Waals surface area contributed by atoms with Crippen LogP contribution in [-0.2, 0) is 77.5 Å². The maximum atomic E-state index is 11.5. The summed E-state index contributed by atoms with van der Waals surface area (Å²) in [6, 6.07) is 12.8. The van der Waals surface area contributed by atoms with E-state index in [2.05, 4.69) is 60.3 Å². The second-order valence-corrected chi connectivity index (χ2v) is 30.6. The van der Waals surface area contributed by atoms with Gasteiger partial charge in [-0.25, -0.2) is 58.3 Å². The fourth-order valence-electron chi connectivity index (χ4n) is 12.7. The summed E-state index contributed by atoms with van der Waals surface area (Å²) >= 11 is 0. The first-order valence-corrected chi connectivity index (χ1v) is 40.4. The van der Waals surface area contributed by atoms with Crippen LogP contribution in [0.15, 0.2) is 255 Å². The molecular weight excluding hydrogens is 1700 g/mol. The third kappa shape index (κ3) is 21.6. The molecule has 45 nitrogen and oxygen atoms in total. The summed E-state index contributed by atoms with van der Waals surface area (Å²) in [6.45, 7) is 20.4. The molecule has 0 fully saturated rings. The van der Waals surface area contributed by atoms with E-state index in [1.165, 1.54) is 54.4 Å². The molecule has 0 bridgehead atoms. The smallest absolute Gasteiger partial charge is 0.349 e. The predicted molar refractivity (Wildman–Crippen MR) is 498 cm³/mol. The number of aromatic nitrogens is 32. The SMILES string of the molecule is CC(N)=Nc1ccn(C)c(=O)n1.Cc1cc2c(=O)n(C)ccn2c1.Cc1cc2c(=O)n(C)ccn2n1.Cc1ccc2c(=O)n(C)ccn12.Cc1cn2c(=O)n(C)ccc2n1.Cc1cn2ccn(C)c(=O)c2n1.Cc1cnc2c(=O)n(C)ccn12.Cc1nc2c(=O)n(C)ccn2n1.Cc1ncc2c(=O)n(C)ccn12.Cc1ncn2c(=O)n(C)ccc12.Cc1nnc2c(=O)n(C)ccn12. The zero-order valence-electron chi connectivity index (χ0n) is 76.8. The lowest BCUT2D eigenvalue weighted by Crippen LogP contribution is -2.22. The van der Waals surface area contributed by atoms with E-state index in [9.17, 15) is 52.7 Å². The lowest BCUT2D eigenvalue weighted by atomic mass is 10.4. The van der Waals surface area contributed by atoms with Crippen LogP contribution in [0.25, 0.3) is 55.8 Å². The number of nitrogens with two attached hydrogens (primary N) is 1. The van der Waals surface area contributed by atoms with E-state index in [0.717, 1.165) is 67.9 Å². The molecule has 2 N–H and O–H groups in total. The molecule has 0 aromatic carbocycles. The van der Waals surface area contributed by atoms with E-state index >= 15 is 0 Å². The molecule has 0 radical (unpaired) electrons. The quantitative estimate of drug-likeness (QED) is 0.182. The van der Waals surface area contributed by atoms with Crippen molar-refractivity contribution in [2.75, 3.05) is 0 Å². The van der Waals surface area contributed by atoms with Gasteiger partial charge in [0.15, 0.2) is 5.82 Å². The number of imidazole rings is 5. The number of aliphatic imine (C=N–C) groups is 1. The van der Waals surface area contributed by atoms with Gasteiger partial charge in [-0.15, -0.1) is 10.2 Å². The third-order valence-electron chi connectivity index (χ3n) is 20.1. The topological polar surface area (TPSA) is 466 Å². The number of fused-ring (bicyclic) bond motifs is 10. The minimum atomic E-state index is -0.336. The van der Waals surface area contributed by atoms with Crippen LogP contribution in [0.5, 0.6) is 0 Å². The average molecular weight is 1800 g/mol. The van der Waals surface area contributed by atoms with Crippen LogP contribution in [0.2, 0.25) is 0 Å². The molecule has 0 unspecified atom stereocenters. The number of rotatable bonds is 1. The van der Waals surface area contributed by atoms with Crippen LogP contribution in [0.3, 0.4) is 0 Å². The van der Waals surface area contributed by atoms with Gasteiger partial charge in [-0.3, -0.25) is 60.4 Å². The van der Waals surface area contributed by atoms with E-state index in [0.29, 0.717) is 56.7 Å². The first kappa shape index (κ1) is 95.2. The predicted octanol–water partition coefficient (Wildman–Crippen LogP) is 3.20. The van der Waals surface area contributed by atoms with Gasteiger partial charge in [0.25, 0.3) is 44.5 Å². The molecule has 0 aliphatic rings. The number of hydrogen-bond acceptors (Lipinski definition) is 23.